The second-order valence-electron chi connectivity index (χ2n) is 6.55. The molecule has 3 atom stereocenters. The molecule has 0 spiro atoms. The molecule has 3 N–H and O–H groups in total. The Bertz CT molecular complexity index is 237. The van der Waals surface area contributed by atoms with Crippen LogP contribution in [-0.2, 0) is 0 Å². The molecule has 2 aliphatic carbocycles. The molecule has 0 aromatic rings. The number of nitrogens with two attached hydrogens (primary N) is 1. The molecule has 0 amide bonds. The highest BCUT2D eigenvalue weighted by atomic mass is 15.0. The molecule has 2 saturated carbocycles. The van der Waals surface area contributed by atoms with Gasteiger partial charge in [0.05, 0.1) is 0 Å². The molecule has 0 aromatic carbocycles. The van der Waals surface area contributed by atoms with Gasteiger partial charge in [0.2, 0.25) is 0 Å². The first kappa shape index (κ1) is 13.4. The molecule has 2 rings (SSSR count). The Morgan fingerprint density at radius 1 is 1.35 bits per heavy atom. The molecule has 0 aliphatic heterocycles. The Hall–Kier alpha value is -0.0800. The van der Waals surface area contributed by atoms with E-state index in [2.05, 4.69) is 19.2 Å². The highest BCUT2D eigenvalue weighted by Gasteiger charge is 2.36. The monoisotopic (exact) mass is 238 g/mol. The topological polar surface area (TPSA) is 38.0 Å². The van der Waals surface area contributed by atoms with Crippen molar-refractivity contribution in [2.45, 2.75) is 64.3 Å². The van der Waals surface area contributed by atoms with Crippen LogP contribution in [0.15, 0.2) is 0 Å². The second-order valence-corrected chi connectivity index (χ2v) is 6.55. The first-order valence-corrected chi connectivity index (χ1v) is 7.64. The number of nitrogens with one attached hydrogen (secondary N) is 1. The number of rotatable bonds is 6. The van der Waals surface area contributed by atoms with Crippen LogP contribution in [0.4, 0.5) is 0 Å². The normalized spacial score (nSPS) is 35.8. The van der Waals surface area contributed by atoms with Gasteiger partial charge in [0.25, 0.3) is 0 Å². The first-order chi connectivity index (χ1) is 8.19. The maximum absolute atomic E-state index is 6.07. The molecular formula is C15H30N2. The van der Waals surface area contributed by atoms with Crippen molar-refractivity contribution in [3.05, 3.63) is 0 Å². The molecule has 17 heavy (non-hydrogen) atoms. The fraction of sp³-hybridized carbons (Fsp3) is 1.00. The molecule has 0 bridgehead atoms. The predicted molar refractivity (Wildman–Crippen MR) is 73.9 cm³/mol. The molecular weight excluding hydrogens is 208 g/mol. The minimum absolute atomic E-state index is 0.266. The summed E-state index contributed by atoms with van der Waals surface area (Å²) in [6, 6.07) is 0. The zero-order valence-electron chi connectivity index (χ0n) is 11.7. The van der Waals surface area contributed by atoms with Crippen molar-refractivity contribution in [1.29, 1.82) is 0 Å². The van der Waals surface area contributed by atoms with Gasteiger partial charge < -0.3 is 11.1 Å². The summed E-state index contributed by atoms with van der Waals surface area (Å²) in [6.45, 7) is 6.72. The maximum Gasteiger partial charge on any atom is 0.0306 e. The lowest BCUT2D eigenvalue weighted by Crippen LogP contribution is -2.55. The summed E-state index contributed by atoms with van der Waals surface area (Å²) in [4.78, 5) is 0. The highest BCUT2D eigenvalue weighted by molar-refractivity contribution is 4.95. The average Bonchev–Trinajstić information content (AvgIpc) is 3.20. The zero-order valence-corrected chi connectivity index (χ0v) is 11.7. The third kappa shape index (κ3) is 3.45. The van der Waals surface area contributed by atoms with Crippen LogP contribution in [-0.4, -0.2) is 18.6 Å². The summed E-state index contributed by atoms with van der Waals surface area (Å²) in [5.74, 6) is 2.75. The van der Waals surface area contributed by atoms with Crippen molar-refractivity contribution in [2.75, 3.05) is 13.1 Å². The van der Waals surface area contributed by atoms with Crippen molar-refractivity contribution >= 4 is 0 Å². The van der Waals surface area contributed by atoms with Crippen LogP contribution in [0.25, 0.3) is 0 Å². The third-order valence-corrected chi connectivity index (χ3v) is 5.14. The van der Waals surface area contributed by atoms with Gasteiger partial charge in [-0.2, -0.15) is 0 Å². The van der Waals surface area contributed by atoms with Gasteiger partial charge in [-0.15, -0.1) is 0 Å². The highest BCUT2D eigenvalue weighted by Crippen LogP contribution is 2.38. The molecule has 2 fully saturated rings. The van der Waals surface area contributed by atoms with E-state index < -0.39 is 0 Å². The van der Waals surface area contributed by atoms with Crippen LogP contribution in [0.2, 0.25) is 0 Å². The lowest BCUT2D eigenvalue weighted by atomic mass is 9.74. The summed E-state index contributed by atoms with van der Waals surface area (Å²) in [7, 11) is 0. The van der Waals surface area contributed by atoms with Gasteiger partial charge in [-0.05, 0) is 50.0 Å². The standard InChI is InChI=1S/C15H30N2/c1-3-13-5-4-8-15(9-13,11-16)17-10-12(2)14-6-7-14/h12-14,17H,3-11,16H2,1-2H3. The molecule has 3 unspecified atom stereocenters. The van der Waals surface area contributed by atoms with Crippen molar-refractivity contribution in [3.8, 4) is 0 Å². The van der Waals surface area contributed by atoms with Crippen LogP contribution in [0.1, 0.15) is 58.8 Å². The van der Waals surface area contributed by atoms with Crippen molar-refractivity contribution in [1.82, 2.24) is 5.32 Å². The van der Waals surface area contributed by atoms with Crippen LogP contribution in [0.5, 0.6) is 0 Å². The van der Waals surface area contributed by atoms with Crippen LogP contribution in [0.3, 0.4) is 0 Å². The predicted octanol–water partition coefficient (Wildman–Crippen LogP) is 2.92. The van der Waals surface area contributed by atoms with E-state index in [0.717, 1.165) is 24.3 Å². The van der Waals surface area contributed by atoms with Crippen molar-refractivity contribution in [2.24, 2.45) is 23.5 Å². The van der Waals surface area contributed by atoms with Gasteiger partial charge in [0, 0.05) is 12.1 Å². The Balaban J connectivity index is 1.84. The van der Waals surface area contributed by atoms with E-state index in [0.29, 0.717) is 0 Å². The summed E-state index contributed by atoms with van der Waals surface area (Å²) >= 11 is 0. The first-order valence-electron chi connectivity index (χ1n) is 7.64. The minimum Gasteiger partial charge on any atom is -0.329 e. The smallest absolute Gasteiger partial charge is 0.0306 e. The largest absolute Gasteiger partial charge is 0.329 e. The Morgan fingerprint density at radius 3 is 2.71 bits per heavy atom. The van der Waals surface area contributed by atoms with E-state index in [9.17, 15) is 0 Å². The van der Waals surface area contributed by atoms with E-state index in [1.165, 1.54) is 51.5 Å². The minimum atomic E-state index is 0.266. The number of hydrogen-bond donors (Lipinski definition) is 2. The van der Waals surface area contributed by atoms with E-state index in [-0.39, 0.29) is 5.54 Å². The van der Waals surface area contributed by atoms with Crippen molar-refractivity contribution < 1.29 is 0 Å². The van der Waals surface area contributed by atoms with Gasteiger partial charge in [-0.3, -0.25) is 0 Å². The SMILES string of the molecule is CCC1CCCC(CN)(NCC(C)C2CC2)C1. The molecule has 0 aromatic heterocycles. The Labute approximate surface area is 107 Å². The van der Waals surface area contributed by atoms with Crippen LogP contribution in [0, 0.1) is 17.8 Å². The lowest BCUT2D eigenvalue weighted by Gasteiger charge is -2.41. The summed E-state index contributed by atoms with van der Waals surface area (Å²) in [6.07, 6.45) is 9.60. The van der Waals surface area contributed by atoms with E-state index in [4.69, 9.17) is 5.73 Å². The average molecular weight is 238 g/mol. The summed E-state index contributed by atoms with van der Waals surface area (Å²) in [5, 5.41) is 3.85. The van der Waals surface area contributed by atoms with Gasteiger partial charge >= 0.3 is 0 Å². The Kier molecular flexibility index (Phi) is 4.48. The van der Waals surface area contributed by atoms with Gasteiger partial charge in [-0.25, -0.2) is 0 Å². The molecule has 2 aliphatic rings. The number of hydrogen-bond acceptors (Lipinski definition) is 2. The van der Waals surface area contributed by atoms with Gasteiger partial charge in [0.1, 0.15) is 0 Å². The molecule has 2 heteroatoms. The third-order valence-electron chi connectivity index (χ3n) is 5.14. The van der Waals surface area contributed by atoms with Crippen LogP contribution >= 0.6 is 0 Å². The van der Waals surface area contributed by atoms with E-state index in [1.807, 2.05) is 0 Å². The zero-order chi connectivity index (χ0) is 12.3. The molecule has 0 saturated heterocycles. The second kappa shape index (κ2) is 5.71. The van der Waals surface area contributed by atoms with E-state index >= 15 is 0 Å². The van der Waals surface area contributed by atoms with E-state index in [1.54, 1.807) is 0 Å². The summed E-state index contributed by atoms with van der Waals surface area (Å²) in [5.41, 5.74) is 6.34. The molecule has 0 heterocycles. The molecule has 0 radical (unpaired) electrons. The fourth-order valence-electron chi connectivity index (χ4n) is 3.46. The van der Waals surface area contributed by atoms with Crippen molar-refractivity contribution in [3.63, 3.8) is 0 Å². The molecule has 2 nitrogen and oxygen atoms in total. The van der Waals surface area contributed by atoms with Gasteiger partial charge in [-0.1, -0.05) is 33.1 Å². The van der Waals surface area contributed by atoms with Crippen LogP contribution < -0.4 is 11.1 Å². The maximum atomic E-state index is 6.07. The fourth-order valence-corrected chi connectivity index (χ4v) is 3.46. The molecule has 100 valence electrons. The lowest BCUT2D eigenvalue weighted by molar-refractivity contribution is 0.172. The van der Waals surface area contributed by atoms with Gasteiger partial charge in [0.15, 0.2) is 0 Å². The Morgan fingerprint density at radius 2 is 2.12 bits per heavy atom. The quantitative estimate of drug-likeness (QED) is 0.746. The summed E-state index contributed by atoms with van der Waals surface area (Å²) < 4.78 is 0.